The minimum atomic E-state index is -3.37. The molecular weight excluding hydrogens is 216 g/mol. The molecule has 1 atom stereocenters. The zero-order valence-corrected chi connectivity index (χ0v) is 10.6. The van der Waals surface area contributed by atoms with Gasteiger partial charge in [-0.25, -0.2) is 8.42 Å². The lowest BCUT2D eigenvalue weighted by molar-refractivity contribution is -0.143. The lowest BCUT2D eigenvalue weighted by atomic mass is 10.1. The summed E-state index contributed by atoms with van der Waals surface area (Å²) in [6, 6.07) is 0. The normalized spacial score (nSPS) is 13.9. The van der Waals surface area contributed by atoms with Crippen LogP contribution < -0.4 is 0 Å². The van der Waals surface area contributed by atoms with Crippen molar-refractivity contribution in [2.24, 2.45) is 5.92 Å². The maximum absolute atomic E-state index is 11.8. The molecule has 0 heterocycles. The first-order chi connectivity index (χ1) is 6.86. The third-order valence-corrected chi connectivity index (χ3v) is 4.49. The number of rotatable bonds is 6. The van der Waals surface area contributed by atoms with E-state index in [9.17, 15) is 13.2 Å². The minimum absolute atomic E-state index is 0.0364. The molecule has 0 aromatic rings. The summed E-state index contributed by atoms with van der Waals surface area (Å²) < 4.78 is 28.4. The van der Waals surface area contributed by atoms with Gasteiger partial charge in [0.25, 0.3) is 0 Å². The second-order valence-electron chi connectivity index (χ2n) is 3.78. The predicted octanol–water partition coefficient (Wildman–Crippen LogP) is 1.40. The van der Waals surface area contributed by atoms with Gasteiger partial charge in [0, 0.05) is 0 Å². The number of ether oxygens (including phenoxy) is 1. The summed E-state index contributed by atoms with van der Waals surface area (Å²) in [6.45, 7) is 7.09. The predicted molar refractivity (Wildman–Crippen MR) is 59.3 cm³/mol. The van der Waals surface area contributed by atoms with Crippen LogP contribution in [0, 0.1) is 5.92 Å². The van der Waals surface area contributed by atoms with E-state index in [-0.39, 0.29) is 18.3 Å². The molecule has 0 aromatic heterocycles. The van der Waals surface area contributed by atoms with E-state index in [1.165, 1.54) is 0 Å². The Labute approximate surface area is 91.9 Å². The van der Waals surface area contributed by atoms with Gasteiger partial charge in [-0.1, -0.05) is 20.8 Å². The molecule has 4 nitrogen and oxygen atoms in total. The highest BCUT2D eigenvalue weighted by molar-refractivity contribution is 7.92. The first kappa shape index (κ1) is 14.4. The summed E-state index contributed by atoms with van der Waals surface area (Å²) in [4.78, 5) is 11.5. The van der Waals surface area contributed by atoms with Crippen molar-refractivity contribution in [3.63, 3.8) is 0 Å². The average molecular weight is 236 g/mol. The van der Waals surface area contributed by atoms with Crippen LogP contribution in [0.2, 0.25) is 0 Å². The van der Waals surface area contributed by atoms with Gasteiger partial charge in [-0.2, -0.15) is 0 Å². The summed E-state index contributed by atoms with van der Waals surface area (Å²) in [6.07, 6.45) is 0.519. The molecule has 15 heavy (non-hydrogen) atoms. The molecule has 0 fully saturated rings. The summed E-state index contributed by atoms with van der Waals surface area (Å²) in [7, 11) is -3.37. The zero-order valence-electron chi connectivity index (χ0n) is 9.82. The molecule has 0 bridgehead atoms. The van der Waals surface area contributed by atoms with Gasteiger partial charge in [0.1, 0.15) is 0 Å². The van der Waals surface area contributed by atoms with Gasteiger partial charge in [0.15, 0.2) is 15.1 Å². The largest absolute Gasteiger partial charge is 0.465 e. The fourth-order valence-electron chi connectivity index (χ4n) is 1.47. The molecule has 0 N–H and O–H groups in total. The van der Waals surface area contributed by atoms with Crippen LogP contribution in [0.25, 0.3) is 0 Å². The Hall–Kier alpha value is -0.580. The van der Waals surface area contributed by atoms with Crippen molar-refractivity contribution in [3.05, 3.63) is 0 Å². The van der Waals surface area contributed by atoms with Crippen molar-refractivity contribution in [3.8, 4) is 0 Å². The topological polar surface area (TPSA) is 60.4 Å². The summed E-state index contributed by atoms with van der Waals surface area (Å²) in [5, 5.41) is -1.02. The zero-order chi connectivity index (χ0) is 12.1. The third kappa shape index (κ3) is 4.20. The lowest BCUT2D eigenvalue weighted by Crippen LogP contribution is -2.38. The van der Waals surface area contributed by atoms with Crippen LogP contribution in [0.4, 0.5) is 0 Å². The second kappa shape index (κ2) is 6.10. The standard InChI is InChI=1S/C10H20O4S/c1-5-7-15(12,13)9(8(3)4)10(11)14-6-2/h8-9H,5-7H2,1-4H3. The monoisotopic (exact) mass is 236 g/mol. The van der Waals surface area contributed by atoms with Crippen LogP contribution in [0.15, 0.2) is 0 Å². The number of hydrogen-bond donors (Lipinski definition) is 0. The van der Waals surface area contributed by atoms with Crippen LogP contribution >= 0.6 is 0 Å². The molecule has 0 aliphatic rings. The van der Waals surface area contributed by atoms with E-state index in [1.807, 2.05) is 0 Å². The Kier molecular flexibility index (Phi) is 5.87. The first-order valence-electron chi connectivity index (χ1n) is 5.25. The third-order valence-electron chi connectivity index (χ3n) is 2.00. The van der Waals surface area contributed by atoms with Gasteiger partial charge < -0.3 is 4.74 Å². The molecule has 0 saturated carbocycles. The molecule has 90 valence electrons. The van der Waals surface area contributed by atoms with Crippen molar-refractivity contribution in [2.75, 3.05) is 12.4 Å². The highest BCUT2D eigenvalue weighted by Crippen LogP contribution is 2.16. The van der Waals surface area contributed by atoms with E-state index in [2.05, 4.69) is 0 Å². The van der Waals surface area contributed by atoms with Crippen LogP contribution in [0.1, 0.15) is 34.1 Å². The van der Waals surface area contributed by atoms with E-state index in [4.69, 9.17) is 4.74 Å². The van der Waals surface area contributed by atoms with E-state index in [0.29, 0.717) is 6.42 Å². The molecule has 0 amide bonds. The SMILES string of the molecule is CCCS(=O)(=O)C(C(=O)OCC)C(C)C. The Morgan fingerprint density at radius 3 is 2.13 bits per heavy atom. The number of carbonyl (C=O) groups excluding carboxylic acids is 1. The van der Waals surface area contributed by atoms with Crippen molar-refractivity contribution < 1.29 is 17.9 Å². The molecule has 0 saturated heterocycles. The summed E-state index contributed by atoms with van der Waals surface area (Å²) in [5.74, 6) is -0.837. The number of esters is 1. The number of hydrogen-bond acceptors (Lipinski definition) is 4. The fourth-order valence-corrected chi connectivity index (χ4v) is 3.48. The summed E-state index contributed by atoms with van der Waals surface area (Å²) in [5.41, 5.74) is 0. The maximum atomic E-state index is 11.8. The van der Waals surface area contributed by atoms with Crippen LogP contribution in [0.3, 0.4) is 0 Å². The van der Waals surface area contributed by atoms with E-state index < -0.39 is 21.1 Å². The Morgan fingerprint density at radius 2 is 1.80 bits per heavy atom. The van der Waals surface area contributed by atoms with Crippen molar-refractivity contribution >= 4 is 15.8 Å². The highest BCUT2D eigenvalue weighted by Gasteiger charge is 2.35. The van der Waals surface area contributed by atoms with E-state index >= 15 is 0 Å². The first-order valence-corrected chi connectivity index (χ1v) is 6.96. The molecule has 0 spiro atoms. The molecule has 0 aliphatic carbocycles. The van der Waals surface area contributed by atoms with Crippen molar-refractivity contribution in [2.45, 2.75) is 39.4 Å². The molecule has 0 aliphatic heterocycles. The summed E-state index contributed by atoms with van der Waals surface area (Å²) >= 11 is 0. The number of carbonyl (C=O) groups is 1. The van der Waals surface area contributed by atoms with E-state index in [0.717, 1.165) is 0 Å². The lowest BCUT2D eigenvalue weighted by Gasteiger charge is -2.18. The van der Waals surface area contributed by atoms with Gasteiger partial charge >= 0.3 is 5.97 Å². The van der Waals surface area contributed by atoms with Crippen molar-refractivity contribution in [1.29, 1.82) is 0 Å². The fraction of sp³-hybridized carbons (Fsp3) is 0.900. The average Bonchev–Trinajstić information content (AvgIpc) is 2.02. The Morgan fingerprint density at radius 1 is 1.27 bits per heavy atom. The number of sulfone groups is 1. The van der Waals surface area contributed by atoms with E-state index in [1.54, 1.807) is 27.7 Å². The van der Waals surface area contributed by atoms with Crippen LogP contribution in [-0.4, -0.2) is 32.0 Å². The van der Waals surface area contributed by atoms with Crippen molar-refractivity contribution in [1.82, 2.24) is 0 Å². The van der Waals surface area contributed by atoms with Gasteiger partial charge in [-0.3, -0.25) is 4.79 Å². The molecule has 0 aromatic carbocycles. The molecular formula is C10H20O4S. The minimum Gasteiger partial charge on any atom is -0.465 e. The van der Waals surface area contributed by atoms with Gasteiger partial charge in [-0.05, 0) is 19.3 Å². The van der Waals surface area contributed by atoms with Crippen LogP contribution in [0.5, 0.6) is 0 Å². The van der Waals surface area contributed by atoms with Gasteiger partial charge in [-0.15, -0.1) is 0 Å². The maximum Gasteiger partial charge on any atom is 0.324 e. The molecule has 0 radical (unpaired) electrons. The van der Waals surface area contributed by atoms with Gasteiger partial charge in [0.2, 0.25) is 0 Å². The second-order valence-corrected chi connectivity index (χ2v) is 6.03. The molecule has 0 rings (SSSR count). The quantitative estimate of drug-likeness (QED) is 0.654. The molecule has 5 heteroatoms. The van der Waals surface area contributed by atoms with Gasteiger partial charge in [0.05, 0.1) is 12.4 Å². The Bertz CT molecular complexity index is 293. The smallest absolute Gasteiger partial charge is 0.324 e. The highest BCUT2D eigenvalue weighted by atomic mass is 32.2. The molecule has 1 unspecified atom stereocenters. The van der Waals surface area contributed by atoms with Crippen LogP contribution in [-0.2, 0) is 19.4 Å². The Balaban J connectivity index is 4.89.